The lowest BCUT2D eigenvalue weighted by molar-refractivity contribution is 0.286. The van der Waals surface area contributed by atoms with Gasteiger partial charge in [-0.3, -0.25) is 4.79 Å². The van der Waals surface area contributed by atoms with Gasteiger partial charge in [-0.1, -0.05) is 37.2 Å². The van der Waals surface area contributed by atoms with Crippen LogP contribution >= 0.6 is 11.3 Å². The third-order valence-electron chi connectivity index (χ3n) is 5.02. The third kappa shape index (κ3) is 4.60. The fourth-order valence-corrected chi connectivity index (χ4v) is 4.18. The molecule has 4 rings (SSSR count). The van der Waals surface area contributed by atoms with Crippen LogP contribution in [0.2, 0.25) is 0 Å². The number of benzene rings is 2. The molecule has 0 aliphatic rings. The first kappa shape index (κ1) is 21.8. The first-order valence-electron chi connectivity index (χ1n) is 10.5. The summed E-state index contributed by atoms with van der Waals surface area (Å²) in [7, 11) is 3.23. The van der Waals surface area contributed by atoms with Crippen molar-refractivity contribution in [3.8, 4) is 28.6 Å². The van der Waals surface area contributed by atoms with Crippen molar-refractivity contribution in [2.24, 2.45) is 0 Å². The lowest BCUT2D eigenvalue weighted by Gasteiger charge is -2.11. The SMILES string of the molecule is CCCCCOc1ccc(C=c2sc3nc(-c4ccc(OC)cc4)nn3c2=O)cc1OC. The van der Waals surface area contributed by atoms with Gasteiger partial charge in [0, 0.05) is 5.56 Å². The summed E-state index contributed by atoms with van der Waals surface area (Å²) in [6.45, 7) is 2.81. The maximum Gasteiger partial charge on any atom is 0.291 e. The van der Waals surface area contributed by atoms with Gasteiger partial charge in [0.05, 0.1) is 25.4 Å². The van der Waals surface area contributed by atoms with Crippen LogP contribution in [0.3, 0.4) is 0 Å². The predicted octanol–water partition coefficient (Wildman–Crippen LogP) is 3.95. The first-order valence-corrected chi connectivity index (χ1v) is 11.3. The zero-order valence-electron chi connectivity index (χ0n) is 18.3. The highest BCUT2D eigenvalue weighted by Crippen LogP contribution is 2.28. The second-order valence-corrected chi connectivity index (χ2v) is 8.25. The summed E-state index contributed by atoms with van der Waals surface area (Å²) in [5.74, 6) is 2.61. The van der Waals surface area contributed by atoms with Crippen molar-refractivity contribution in [2.45, 2.75) is 26.2 Å². The summed E-state index contributed by atoms with van der Waals surface area (Å²) in [6.07, 6.45) is 5.11. The number of nitrogens with zero attached hydrogens (tertiary/aromatic N) is 3. The minimum absolute atomic E-state index is 0.198. The van der Waals surface area contributed by atoms with Crippen LogP contribution in [0, 0.1) is 0 Å². The van der Waals surface area contributed by atoms with Crippen LogP contribution in [0.4, 0.5) is 0 Å². The van der Waals surface area contributed by atoms with Gasteiger partial charge in [0.25, 0.3) is 5.56 Å². The summed E-state index contributed by atoms with van der Waals surface area (Å²) >= 11 is 1.30. The van der Waals surface area contributed by atoms with Crippen molar-refractivity contribution < 1.29 is 14.2 Å². The van der Waals surface area contributed by atoms with E-state index in [2.05, 4.69) is 17.0 Å². The first-order chi connectivity index (χ1) is 15.6. The van der Waals surface area contributed by atoms with E-state index in [1.54, 1.807) is 14.2 Å². The van der Waals surface area contributed by atoms with Crippen LogP contribution in [0.1, 0.15) is 31.7 Å². The van der Waals surface area contributed by atoms with E-state index in [0.717, 1.165) is 36.1 Å². The molecule has 0 unspecified atom stereocenters. The van der Waals surface area contributed by atoms with Crippen molar-refractivity contribution in [2.75, 3.05) is 20.8 Å². The molecule has 32 heavy (non-hydrogen) atoms. The quantitative estimate of drug-likeness (QED) is 0.359. The smallest absolute Gasteiger partial charge is 0.291 e. The van der Waals surface area contributed by atoms with Gasteiger partial charge in [-0.05, 0) is 54.5 Å². The molecular weight excluding hydrogens is 426 g/mol. The average Bonchev–Trinajstić information content (AvgIpc) is 3.36. The van der Waals surface area contributed by atoms with E-state index < -0.39 is 0 Å². The van der Waals surface area contributed by atoms with E-state index in [9.17, 15) is 4.79 Å². The molecule has 2 heterocycles. The lowest BCUT2D eigenvalue weighted by atomic mass is 10.2. The van der Waals surface area contributed by atoms with Crippen LogP contribution in [-0.4, -0.2) is 35.4 Å². The van der Waals surface area contributed by atoms with E-state index >= 15 is 0 Å². The largest absolute Gasteiger partial charge is 0.497 e. The number of thiazole rings is 1. The molecule has 0 atom stereocenters. The number of hydrogen-bond donors (Lipinski definition) is 0. The summed E-state index contributed by atoms with van der Waals surface area (Å²) in [4.78, 5) is 17.9. The van der Waals surface area contributed by atoms with Gasteiger partial charge in [0.2, 0.25) is 4.96 Å². The second-order valence-electron chi connectivity index (χ2n) is 7.24. The van der Waals surface area contributed by atoms with Gasteiger partial charge in [-0.15, -0.1) is 5.10 Å². The Labute approximate surface area is 189 Å². The van der Waals surface area contributed by atoms with Gasteiger partial charge in [-0.25, -0.2) is 0 Å². The molecule has 0 aliphatic carbocycles. The van der Waals surface area contributed by atoms with Gasteiger partial charge >= 0.3 is 0 Å². The summed E-state index contributed by atoms with van der Waals surface area (Å²) in [5, 5.41) is 4.39. The molecule has 0 N–H and O–H groups in total. The summed E-state index contributed by atoms with van der Waals surface area (Å²) in [5.41, 5.74) is 1.47. The molecule has 0 radical (unpaired) electrons. The van der Waals surface area contributed by atoms with E-state index in [0.29, 0.717) is 33.4 Å². The molecule has 0 spiro atoms. The fourth-order valence-electron chi connectivity index (χ4n) is 3.27. The average molecular weight is 452 g/mol. The minimum Gasteiger partial charge on any atom is -0.497 e. The highest BCUT2D eigenvalue weighted by molar-refractivity contribution is 7.15. The summed E-state index contributed by atoms with van der Waals surface area (Å²) < 4.78 is 18.4. The maximum atomic E-state index is 12.9. The molecular formula is C24H25N3O4S. The van der Waals surface area contributed by atoms with Crippen LogP contribution in [0.5, 0.6) is 17.2 Å². The molecule has 4 aromatic rings. The molecule has 0 amide bonds. The van der Waals surface area contributed by atoms with Crippen LogP contribution in [-0.2, 0) is 0 Å². The number of rotatable bonds is 9. The highest BCUT2D eigenvalue weighted by Gasteiger charge is 2.12. The topological polar surface area (TPSA) is 75.0 Å². The Balaban J connectivity index is 1.60. The van der Waals surface area contributed by atoms with E-state index in [4.69, 9.17) is 14.2 Å². The fraction of sp³-hybridized carbons (Fsp3) is 0.292. The molecule has 0 saturated heterocycles. The van der Waals surface area contributed by atoms with Gasteiger partial charge < -0.3 is 14.2 Å². The van der Waals surface area contributed by atoms with Crippen molar-refractivity contribution in [3.63, 3.8) is 0 Å². The standard InChI is InChI=1S/C24H25N3O4S/c1-4-5-6-13-31-19-12-7-16(14-20(19)30-3)15-21-23(28)27-24(32-21)25-22(26-27)17-8-10-18(29-2)11-9-17/h7-12,14-15H,4-6,13H2,1-3H3. The molecule has 0 saturated carbocycles. The van der Waals surface area contributed by atoms with E-state index in [1.807, 2.05) is 48.5 Å². The summed E-state index contributed by atoms with van der Waals surface area (Å²) in [6, 6.07) is 13.1. The molecule has 0 fully saturated rings. The Morgan fingerprint density at radius 2 is 1.84 bits per heavy atom. The Hall–Kier alpha value is -3.39. The predicted molar refractivity (Wildman–Crippen MR) is 126 cm³/mol. The molecule has 7 nitrogen and oxygen atoms in total. The lowest BCUT2D eigenvalue weighted by Crippen LogP contribution is -2.23. The van der Waals surface area contributed by atoms with Crippen LogP contribution in [0.25, 0.3) is 22.4 Å². The normalized spacial score (nSPS) is 11.8. The molecule has 8 heteroatoms. The van der Waals surface area contributed by atoms with Crippen molar-refractivity contribution in [1.29, 1.82) is 0 Å². The van der Waals surface area contributed by atoms with Crippen LogP contribution < -0.4 is 24.3 Å². The Morgan fingerprint density at radius 1 is 1.03 bits per heavy atom. The maximum absolute atomic E-state index is 12.9. The monoisotopic (exact) mass is 451 g/mol. The number of ether oxygens (including phenoxy) is 3. The van der Waals surface area contributed by atoms with Gasteiger partial charge in [0.1, 0.15) is 5.75 Å². The molecule has 0 bridgehead atoms. The van der Waals surface area contributed by atoms with E-state index in [-0.39, 0.29) is 5.56 Å². The zero-order chi connectivity index (χ0) is 22.5. The van der Waals surface area contributed by atoms with Gasteiger partial charge in [0.15, 0.2) is 17.3 Å². The van der Waals surface area contributed by atoms with Crippen molar-refractivity contribution in [1.82, 2.24) is 14.6 Å². The van der Waals surface area contributed by atoms with Crippen LogP contribution in [0.15, 0.2) is 47.3 Å². The molecule has 2 aromatic carbocycles. The Bertz CT molecular complexity index is 1310. The van der Waals surface area contributed by atoms with Gasteiger partial charge in [-0.2, -0.15) is 9.50 Å². The minimum atomic E-state index is -0.198. The molecule has 166 valence electrons. The number of unbranched alkanes of at least 4 members (excludes halogenated alkanes) is 2. The second kappa shape index (κ2) is 9.82. The number of methoxy groups -OCH3 is 2. The number of fused-ring (bicyclic) bond motifs is 1. The zero-order valence-corrected chi connectivity index (χ0v) is 19.1. The third-order valence-corrected chi connectivity index (χ3v) is 5.98. The number of hydrogen-bond acceptors (Lipinski definition) is 7. The Kier molecular flexibility index (Phi) is 6.70. The van der Waals surface area contributed by atoms with Crippen molar-refractivity contribution in [3.05, 3.63) is 62.9 Å². The molecule has 0 aliphatic heterocycles. The number of aromatic nitrogens is 3. The van der Waals surface area contributed by atoms with Crippen molar-refractivity contribution >= 4 is 22.4 Å². The van der Waals surface area contributed by atoms with E-state index in [1.165, 1.54) is 15.9 Å². The molecule has 2 aromatic heterocycles. The Morgan fingerprint density at radius 3 is 2.53 bits per heavy atom. The highest BCUT2D eigenvalue weighted by atomic mass is 32.1.